The minimum absolute atomic E-state index is 0.192. The van der Waals surface area contributed by atoms with E-state index in [1.165, 1.54) is 6.07 Å². The maximum atomic E-state index is 13.4. The van der Waals surface area contributed by atoms with E-state index in [1.54, 1.807) is 0 Å². The Balaban J connectivity index is 1.96. The standard InChI is InChI=1S/C14H16F4N2/c15-11-4-1-8(7-10(11)14(16,17)18)13-12(19)5-6-20(13)9-2-3-9/h1,4,7,9,12-13H,2-3,5-6,19H2. The fraction of sp³-hybridized carbons (Fsp3) is 0.571. The van der Waals surface area contributed by atoms with Gasteiger partial charge >= 0.3 is 6.18 Å². The van der Waals surface area contributed by atoms with Crippen LogP contribution in [0.5, 0.6) is 0 Å². The Hall–Kier alpha value is -1.14. The lowest BCUT2D eigenvalue weighted by Crippen LogP contribution is -2.33. The van der Waals surface area contributed by atoms with Crippen molar-refractivity contribution < 1.29 is 17.6 Å². The molecule has 2 N–H and O–H groups in total. The number of hydrogen-bond donors (Lipinski definition) is 1. The van der Waals surface area contributed by atoms with Crippen LogP contribution in [0.4, 0.5) is 17.6 Å². The molecule has 1 heterocycles. The third-order valence-corrected chi connectivity index (χ3v) is 4.14. The maximum absolute atomic E-state index is 13.4. The Morgan fingerprint density at radius 3 is 2.45 bits per heavy atom. The van der Waals surface area contributed by atoms with Gasteiger partial charge in [0.05, 0.1) is 11.6 Å². The number of alkyl halides is 3. The molecule has 3 rings (SSSR count). The molecule has 1 aliphatic heterocycles. The molecule has 0 amide bonds. The highest BCUT2D eigenvalue weighted by molar-refractivity contribution is 5.31. The SMILES string of the molecule is NC1CCN(C2CC2)C1c1ccc(F)c(C(F)(F)F)c1. The summed E-state index contributed by atoms with van der Waals surface area (Å²) in [5, 5.41) is 0. The summed E-state index contributed by atoms with van der Waals surface area (Å²) in [6.07, 6.45) is -1.78. The van der Waals surface area contributed by atoms with Crippen molar-refractivity contribution in [2.45, 2.75) is 43.6 Å². The molecule has 20 heavy (non-hydrogen) atoms. The van der Waals surface area contributed by atoms with Crippen molar-refractivity contribution in [2.75, 3.05) is 6.54 Å². The largest absolute Gasteiger partial charge is 0.419 e. The van der Waals surface area contributed by atoms with Gasteiger partial charge in [-0.15, -0.1) is 0 Å². The zero-order valence-electron chi connectivity index (χ0n) is 10.8. The van der Waals surface area contributed by atoms with E-state index < -0.39 is 17.6 Å². The lowest BCUT2D eigenvalue weighted by molar-refractivity contribution is -0.140. The molecule has 0 aromatic heterocycles. The van der Waals surface area contributed by atoms with Crippen LogP contribution in [-0.2, 0) is 6.18 Å². The molecule has 0 spiro atoms. The number of hydrogen-bond acceptors (Lipinski definition) is 2. The van der Waals surface area contributed by atoms with E-state index >= 15 is 0 Å². The summed E-state index contributed by atoms with van der Waals surface area (Å²) in [4.78, 5) is 2.16. The quantitative estimate of drug-likeness (QED) is 0.847. The van der Waals surface area contributed by atoms with Gasteiger partial charge in [0.15, 0.2) is 0 Å². The lowest BCUT2D eigenvalue weighted by Gasteiger charge is -2.27. The molecule has 0 radical (unpaired) electrons. The van der Waals surface area contributed by atoms with Crippen molar-refractivity contribution in [3.63, 3.8) is 0 Å². The fourth-order valence-electron chi connectivity index (χ4n) is 3.04. The van der Waals surface area contributed by atoms with E-state index in [2.05, 4.69) is 4.90 Å². The summed E-state index contributed by atoms with van der Waals surface area (Å²) in [5.74, 6) is -1.23. The molecule has 2 nitrogen and oxygen atoms in total. The summed E-state index contributed by atoms with van der Waals surface area (Å²) in [5.41, 5.74) is 5.31. The topological polar surface area (TPSA) is 29.3 Å². The van der Waals surface area contributed by atoms with Crippen LogP contribution < -0.4 is 5.73 Å². The van der Waals surface area contributed by atoms with Gasteiger partial charge in [-0.25, -0.2) is 4.39 Å². The van der Waals surface area contributed by atoms with Crippen molar-refractivity contribution >= 4 is 0 Å². The van der Waals surface area contributed by atoms with Crippen molar-refractivity contribution in [3.05, 3.63) is 35.1 Å². The Morgan fingerprint density at radius 2 is 1.85 bits per heavy atom. The molecule has 2 unspecified atom stereocenters. The number of halogens is 4. The number of benzene rings is 1. The second-order valence-corrected chi connectivity index (χ2v) is 5.60. The minimum atomic E-state index is -4.67. The summed E-state index contributed by atoms with van der Waals surface area (Å²) in [7, 11) is 0. The first kappa shape index (κ1) is 13.8. The van der Waals surface area contributed by atoms with Crippen LogP contribution in [0.3, 0.4) is 0 Å². The third-order valence-electron chi connectivity index (χ3n) is 4.14. The van der Waals surface area contributed by atoms with Crippen LogP contribution in [0.15, 0.2) is 18.2 Å². The minimum Gasteiger partial charge on any atom is -0.326 e. The molecular weight excluding hydrogens is 272 g/mol. The monoisotopic (exact) mass is 288 g/mol. The molecule has 6 heteroatoms. The van der Waals surface area contributed by atoms with Gasteiger partial charge in [-0.3, -0.25) is 4.90 Å². The van der Waals surface area contributed by atoms with E-state index in [0.29, 0.717) is 11.6 Å². The molecule has 1 aliphatic carbocycles. The average Bonchev–Trinajstić information content (AvgIpc) is 3.13. The Labute approximate surface area is 114 Å². The molecule has 0 bridgehead atoms. The molecule has 2 atom stereocenters. The van der Waals surface area contributed by atoms with Crippen LogP contribution in [-0.4, -0.2) is 23.5 Å². The molecule has 110 valence electrons. The van der Waals surface area contributed by atoms with Crippen LogP contribution in [0.2, 0.25) is 0 Å². The van der Waals surface area contributed by atoms with Crippen LogP contribution in [0.1, 0.15) is 36.4 Å². The predicted molar refractivity (Wildman–Crippen MR) is 66.5 cm³/mol. The number of nitrogens with two attached hydrogens (primary N) is 1. The van der Waals surface area contributed by atoms with Gasteiger partial charge in [-0.2, -0.15) is 13.2 Å². The Kier molecular flexibility index (Phi) is 3.25. The normalized spacial score (nSPS) is 28.1. The molecule has 1 saturated heterocycles. The molecule has 2 fully saturated rings. The van der Waals surface area contributed by atoms with E-state index in [9.17, 15) is 17.6 Å². The van der Waals surface area contributed by atoms with Gasteiger partial charge in [0.1, 0.15) is 5.82 Å². The zero-order valence-corrected chi connectivity index (χ0v) is 10.8. The summed E-state index contributed by atoms with van der Waals surface area (Å²) in [6.45, 7) is 0.801. The van der Waals surface area contributed by atoms with Gasteiger partial charge in [0.2, 0.25) is 0 Å². The van der Waals surface area contributed by atoms with Crippen molar-refractivity contribution in [1.82, 2.24) is 4.90 Å². The number of nitrogens with zero attached hydrogens (tertiary/aromatic N) is 1. The molecule has 1 saturated carbocycles. The van der Waals surface area contributed by atoms with Gasteiger partial charge in [0.25, 0.3) is 0 Å². The molecule has 1 aromatic rings. The predicted octanol–water partition coefficient (Wildman–Crippen LogP) is 3.08. The fourth-order valence-corrected chi connectivity index (χ4v) is 3.04. The summed E-state index contributed by atoms with van der Waals surface area (Å²) < 4.78 is 51.7. The van der Waals surface area contributed by atoms with Crippen molar-refractivity contribution in [2.24, 2.45) is 5.73 Å². The maximum Gasteiger partial charge on any atom is 0.419 e. The van der Waals surface area contributed by atoms with Crippen molar-refractivity contribution in [3.8, 4) is 0 Å². The van der Waals surface area contributed by atoms with Gasteiger partial charge in [0, 0.05) is 18.6 Å². The molecule has 1 aromatic carbocycles. The van der Waals surface area contributed by atoms with Crippen LogP contribution in [0.25, 0.3) is 0 Å². The first-order chi connectivity index (χ1) is 9.38. The first-order valence-corrected chi connectivity index (χ1v) is 6.76. The van der Waals surface area contributed by atoms with E-state index in [0.717, 1.165) is 37.9 Å². The number of rotatable bonds is 2. The second kappa shape index (κ2) is 4.70. The summed E-state index contributed by atoms with van der Waals surface area (Å²) >= 11 is 0. The zero-order chi connectivity index (χ0) is 14.5. The van der Waals surface area contributed by atoms with E-state index in [4.69, 9.17) is 5.73 Å². The molecular formula is C14H16F4N2. The average molecular weight is 288 g/mol. The highest BCUT2D eigenvalue weighted by atomic mass is 19.4. The highest BCUT2D eigenvalue weighted by Gasteiger charge is 2.42. The van der Waals surface area contributed by atoms with Gasteiger partial charge in [-0.05, 0) is 37.0 Å². The number of likely N-dealkylation sites (tertiary alicyclic amines) is 1. The van der Waals surface area contributed by atoms with Gasteiger partial charge < -0.3 is 5.73 Å². The van der Waals surface area contributed by atoms with Crippen LogP contribution >= 0.6 is 0 Å². The van der Waals surface area contributed by atoms with Gasteiger partial charge in [-0.1, -0.05) is 6.07 Å². The highest BCUT2D eigenvalue weighted by Crippen LogP contribution is 2.42. The van der Waals surface area contributed by atoms with E-state index in [-0.39, 0.29) is 12.1 Å². The van der Waals surface area contributed by atoms with Crippen molar-refractivity contribution in [1.29, 1.82) is 0 Å². The third kappa shape index (κ3) is 2.42. The molecule has 2 aliphatic rings. The lowest BCUT2D eigenvalue weighted by atomic mass is 9.98. The first-order valence-electron chi connectivity index (χ1n) is 6.76. The Morgan fingerprint density at radius 1 is 1.15 bits per heavy atom. The Bertz CT molecular complexity index is 510. The van der Waals surface area contributed by atoms with E-state index in [1.807, 2.05) is 0 Å². The van der Waals surface area contributed by atoms with Crippen LogP contribution in [0, 0.1) is 5.82 Å². The second-order valence-electron chi connectivity index (χ2n) is 5.60. The smallest absolute Gasteiger partial charge is 0.326 e. The summed E-state index contributed by atoms with van der Waals surface area (Å²) in [6, 6.07) is 3.24.